The van der Waals surface area contributed by atoms with Gasteiger partial charge in [-0.25, -0.2) is 8.70 Å². The molecular weight excluding hydrogens is 435 g/mol. The Morgan fingerprint density at radius 1 is 1.03 bits per heavy atom. The van der Waals surface area contributed by atoms with Crippen molar-refractivity contribution in [2.24, 2.45) is 0 Å². The van der Waals surface area contributed by atoms with E-state index in [-0.39, 0.29) is 18.1 Å². The number of carbonyl (C=O) groups excluding carboxylic acids is 2. The van der Waals surface area contributed by atoms with Crippen molar-refractivity contribution in [3.63, 3.8) is 0 Å². The Morgan fingerprint density at radius 2 is 1.59 bits per heavy atom. The molecule has 2 aromatic rings. The highest BCUT2D eigenvalue weighted by molar-refractivity contribution is 7.90. The van der Waals surface area contributed by atoms with Crippen LogP contribution in [0.5, 0.6) is 0 Å². The maximum atomic E-state index is 13.4. The van der Waals surface area contributed by atoms with E-state index in [4.69, 9.17) is 0 Å². The lowest BCUT2D eigenvalue weighted by Gasteiger charge is -2.32. The molecule has 0 spiro atoms. The van der Waals surface area contributed by atoms with Gasteiger partial charge in [-0.3, -0.25) is 9.59 Å². The van der Waals surface area contributed by atoms with Gasteiger partial charge >= 0.3 is 10.2 Å². The highest BCUT2D eigenvalue weighted by atomic mass is 32.2. The van der Waals surface area contributed by atoms with Gasteiger partial charge in [-0.2, -0.15) is 12.7 Å². The molecule has 0 radical (unpaired) electrons. The summed E-state index contributed by atoms with van der Waals surface area (Å²) < 4.78 is 41.1. The molecule has 0 heterocycles. The number of nitrogens with zero attached hydrogens (tertiary/aromatic N) is 3. The first-order chi connectivity index (χ1) is 15.0. The lowest BCUT2D eigenvalue weighted by Crippen LogP contribution is -2.52. The predicted octanol–water partition coefficient (Wildman–Crippen LogP) is 1.91. The topological polar surface area (TPSA) is 90.0 Å². The summed E-state index contributed by atoms with van der Waals surface area (Å²) in [7, 11) is 0.0813. The van der Waals surface area contributed by atoms with E-state index in [0.717, 1.165) is 31.9 Å². The second kappa shape index (κ2) is 10.6. The minimum Gasteiger partial charge on any atom is -0.357 e. The van der Waals surface area contributed by atoms with E-state index in [1.807, 2.05) is 31.2 Å². The Bertz CT molecular complexity index is 1040. The van der Waals surface area contributed by atoms with Crippen LogP contribution in [0.4, 0.5) is 10.1 Å². The highest BCUT2D eigenvalue weighted by Gasteiger charge is 2.32. The third kappa shape index (κ3) is 6.04. The summed E-state index contributed by atoms with van der Waals surface area (Å²) in [6.45, 7) is 3.08. The first-order valence-corrected chi connectivity index (χ1v) is 11.4. The number of hydrogen-bond acceptors (Lipinski definition) is 4. The lowest BCUT2D eigenvalue weighted by atomic mass is 10.1. The Labute approximate surface area is 188 Å². The minimum absolute atomic E-state index is 0.118. The number of amides is 2. The second-order valence-electron chi connectivity index (χ2n) is 7.57. The minimum atomic E-state index is -4.07. The molecule has 2 rings (SSSR count). The van der Waals surface area contributed by atoms with Crippen LogP contribution in [0.25, 0.3) is 0 Å². The number of nitrogens with one attached hydrogen (secondary N) is 1. The lowest BCUT2D eigenvalue weighted by molar-refractivity contribution is -0.139. The number of carbonyl (C=O) groups is 2. The largest absolute Gasteiger partial charge is 0.357 e. The molecule has 0 aliphatic rings. The molecule has 0 fully saturated rings. The molecule has 2 amide bonds. The molecule has 1 atom stereocenters. The Hall–Kier alpha value is -2.98. The van der Waals surface area contributed by atoms with Gasteiger partial charge in [-0.15, -0.1) is 0 Å². The molecule has 174 valence electrons. The van der Waals surface area contributed by atoms with Crippen LogP contribution in [0.15, 0.2) is 48.5 Å². The molecule has 8 nitrogen and oxygen atoms in total. The van der Waals surface area contributed by atoms with Gasteiger partial charge in [0.1, 0.15) is 18.4 Å². The zero-order valence-electron chi connectivity index (χ0n) is 18.9. The smallest absolute Gasteiger partial charge is 0.304 e. The summed E-state index contributed by atoms with van der Waals surface area (Å²) in [5.74, 6) is -1.48. The number of benzene rings is 2. The Balaban J connectivity index is 2.42. The van der Waals surface area contributed by atoms with Crippen molar-refractivity contribution in [3.05, 3.63) is 65.5 Å². The number of aryl methyl sites for hydroxylation is 1. The van der Waals surface area contributed by atoms with E-state index in [9.17, 15) is 22.4 Å². The zero-order chi connectivity index (χ0) is 24.1. The Morgan fingerprint density at radius 3 is 2.09 bits per heavy atom. The molecule has 2 aromatic carbocycles. The van der Waals surface area contributed by atoms with Crippen LogP contribution < -0.4 is 9.62 Å². The maximum absolute atomic E-state index is 13.4. The average Bonchev–Trinajstić information content (AvgIpc) is 2.76. The second-order valence-corrected chi connectivity index (χ2v) is 9.64. The van der Waals surface area contributed by atoms with Crippen molar-refractivity contribution in [3.8, 4) is 0 Å². The van der Waals surface area contributed by atoms with Crippen molar-refractivity contribution in [1.29, 1.82) is 0 Å². The van der Waals surface area contributed by atoms with Gasteiger partial charge in [0.15, 0.2) is 0 Å². The molecule has 0 aromatic heterocycles. The van der Waals surface area contributed by atoms with Crippen LogP contribution in [0.1, 0.15) is 18.1 Å². The molecule has 0 saturated heterocycles. The van der Waals surface area contributed by atoms with Gasteiger partial charge in [0.05, 0.1) is 5.69 Å². The quantitative estimate of drug-likeness (QED) is 0.614. The molecular formula is C22H29FN4O4S. The van der Waals surface area contributed by atoms with Crippen LogP contribution >= 0.6 is 0 Å². The van der Waals surface area contributed by atoms with Crippen LogP contribution in [-0.4, -0.2) is 63.2 Å². The van der Waals surface area contributed by atoms with Crippen molar-refractivity contribution < 1.29 is 22.4 Å². The molecule has 0 aliphatic heterocycles. The fraction of sp³-hybridized carbons (Fsp3) is 0.364. The molecule has 0 unspecified atom stereocenters. The third-order valence-corrected chi connectivity index (χ3v) is 6.84. The van der Waals surface area contributed by atoms with E-state index in [0.29, 0.717) is 0 Å². The number of anilines is 1. The fourth-order valence-electron chi connectivity index (χ4n) is 3.01. The highest BCUT2D eigenvalue weighted by Crippen LogP contribution is 2.21. The van der Waals surface area contributed by atoms with Crippen LogP contribution in [0.2, 0.25) is 0 Å². The van der Waals surface area contributed by atoms with Gasteiger partial charge < -0.3 is 10.2 Å². The summed E-state index contributed by atoms with van der Waals surface area (Å²) in [5, 5.41) is 2.52. The molecule has 32 heavy (non-hydrogen) atoms. The normalized spacial score (nSPS) is 12.3. The zero-order valence-corrected chi connectivity index (χ0v) is 19.7. The molecule has 0 saturated carbocycles. The monoisotopic (exact) mass is 464 g/mol. The van der Waals surface area contributed by atoms with Crippen molar-refractivity contribution in [2.75, 3.05) is 32.0 Å². The van der Waals surface area contributed by atoms with Crippen LogP contribution in [0, 0.1) is 12.7 Å². The standard InChI is InChI=1S/C22H29FN4O4S/c1-16-6-8-18(9-7-16)14-26(17(2)22(29)24-3)21(28)15-27(32(30,31)25(4)5)20-12-10-19(23)11-13-20/h6-13,17H,14-15H2,1-5H3,(H,24,29)/t17-/m0/s1. The fourth-order valence-corrected chi connectivity index (χ4v) is 4.06. The van der Waals surface area contributed by atoms with Crippen molar-refractivity contribution >= 4 is 27.7 Å². The molecule has 10 heteroatoms. The number of rotatable bonds is 9. The van der Waals surface area contributed by atoms with E-state index < -0.39 is 34.5 Å². The summed E-state index contributed by atoms with van der Waals surface area (Å²) in [6, 6.07) is 11.5. The van der Waals surface area contributed by atoms with E-state index in [1.165, 1.54) is 38.2 Å². The number of halogens is 1. The van der Waals surface area contributed by atoms with Gasteiger partial charge in [0.2, 0.25) is 11.8 Å². The first-order valence-electron chi connectivity index (χ1n) is 9.99. The van der Waals surface area contributed by atoms with E-state index >= 15 is 0 Å². The predicted molar refractivity (Wildman–Crippen MR) is 122 cm³/mol. The summed E-state index contributed by atoms with van der Waals surface area (Å²) in [4.78, 5) is 27.0. The van der Waals surface area contributed by atoms with Gasteiger partial charge in [-0.1, -0.05) is 29.8 Å². The van der Waals surface area contributed by atoms with Gasteiger partial charge in [-0.05, 0) is 43.7 Å². The maximum Gasteiger partial charge on any atom is 0.304 e. The summed E-state index contributed by atoms with van der Waals surface area (Å²) in [5.41, 5.74) is 1.98. The Kier molecular flexibility index (Phi) is 8.34. The van der Waals surface area contributed by atoms with Crippen LogP contribution in [0.3, 0.4) is 0 Å². The van der Waals surface area contributed by atoms with Gasteiger partial charge in [0.25, 0.3) is 0 Å². The SMILES string of the molecule is CNC(=O)[C@H](C)N(Cc1ccc(C)cc1)C(=O)CN(c1ccc(F)cc1)S(=O)(=O)N(C)C. The summed E-state index contributed by atoms with van der Waals surface area (Å²) in [6.07, 6.45) is 0. The average molecular weight is 465 g/mol. The van der Waals surface area contributed by atoms with Crippen molar-refractivity contribution in [1.82, 2.24) is 14.5 Å². The molecule has 1 N–H and O–H groups in total. The summed E-state index contributed by atoms with van der Waals surface area (Å²) >= 11 is 0. The van der Waals surface area contributed by atoms with E-state index in [2.05, 4.69) is 5.32 Å². The molecule has 0 aliphatic carbocycles. The third-order valence-electron chi connectivity index (χ3n) is 5.02. The number of likely N-dealkylation sites (N-methyl/N-ethyl adjacent to an activating group) is 1. The van der Waals surface area contributed by atoms with Crippen molar-refractivity contribution in [2.45, 2.75) is 26.4 Å². The molecule has 0 bridgehead atoms. The van der Waals surface area contributed by atoms with Gasteiger partial charge in [0, 0.05) is 27.7 Å². The first kappa shape index (κ1) is 25.3. The number of hydrogen-bond donors (Lipinski definition) is 1. The van der Waals surface area contributed by atoms with E-state index in [1.54, 1.807) is 6.92 Å². The van der Waals surface area contributed by atoms with Crippen LogP contribution in [-0.2, 0) is 26.3 Å².